The van der Waals surface area contributed by atoms with E-state index < -0.39 is 0 Å². The van der Waals surface area contributed by atoms with Gasteiger partial charge in [0.1, 0.15) is 5.92 Å². The van der Waals surface area contributed by atoms with Crippen molar-refractivity contribution in [3.63, 3.8) is 0 Å². The molecule has 2 atom stereocenters. The summed E-state index contributed by atoms with van der Waals surface area (Å²) in [5.74, 6) is 0.547. The minimum atomic E-state index is -0.284. The Balaban J connectivity index is 1.77. The Bertz CT molecular complexity index is 649. The average Bonchev–Trinajstić information content (AvgIpc) is 2.62. The maximum Gasteiger partial charge on any atom is 0.198 e. The number of rotatable bonds is 3. The number of guanidine groups is 1. The lowest BCUT2D eigenvalue weighted by Gasteiger charge is -2.35. The molecule has 2 aliphatic heterocycles. The van der Waals surface area contributed by atoms with E-state index in [-0.39, 0.29) is 24.1 Å². The second-order valence-electron chi connectivity index (χ2n) is 7.13. The van der Waals surface area contributed by atoms with E-state index in [4.69, 9.17) is 4.99 Å². The highest BCUT2D eigenvalue weighted by Crippen LogP contribution is 2.25. The van der Waals surface area contributed by atoms with Gasteiger partial charge in [0.25, 0.3) is 0 Å². The molecule has 25 heavy (non-hydrogen) atoms. The van der Waals surface area contributed by atoms with Crippen molar-refractivity contribution in [2.45, 2.75) is 50.8 Å². The van der Waals surface area contributed by atoms with Crippen LogP contribution in [0.5, 0.6) is 0 Å². The summed E-state index contributed by atoms with van der Waals surface area (Å²) >= 11 is 0. The van der Waals surface area contributed by atoms with E-state index in [0.29, 0.717) is 0 Å². The van der Waals surface area contributed by atoms with Gasteiger partial charge in [0.15, 0.2) is 5.96 Å². The third-order valence-electron chi connectivity index (χ3n) is 5.14. The lowest BCUT2D eigenvalue weighted by molar-refractivity contribution is 0.123. The van der Waals surface area contributed by atoms with Crippen molar-refractivity contribution < 1.29 is 5.11 Å². The first-order valence-electron chi connectivity index (χ1n) is 9.01. The Kier molecular flexibility index (Phi) is 5.44. The number of dihydropyridines is 1. The van der Waals surface area contributed by atoms with Gasteiger partial charge in [-0.1, -0.05) is 12.2 Å². The van der Waals surface area contributed by atoms with Gasteiger partial charge in [0.2, 0.25) is 0 Å². The quantitative estimate of drug-likeness (QED) is 0.727. The summed E-state index contributed by atoms with van der Waals surface area (Å²) in [7, 11) is 2.02. The molecule has 1 aliphatic carbocycles. The standard InChI is InChI=1S/C19H27N5O/c1-13-12-24(2)19(22-14-6-8-15(25)9-7-14)23-18(13)16(11-20)17-5-3-4-10-21-17/h3-5,10,14-17,21,25H,6-9,12H2,1-2H3,(H,22,23). The lowest BCUT2D eigenvalue weighted by atomic mass is 9.92. The molecule has 6 heteroatoms. The number of nitrogens with one attached hydrogen (secondary N) is 2. The molecular weight excluding hydrogens is 314 g/mol. The van der Waals surface area contributed by atoms with Gasteiger partial charge in [-0.25, -0.2) is 4.99 Å². The third-order valence-corrected chi connectivity index (χ3v) is 5.14. The predicted octanol–water partition coefficient (Wildman–Crippen LogP) is 1.64. The number of hydrogen-bond donors (Lipinski definition) is 3. The largest absolute Gasteiger partial charge is 0.393 e. The molecule has 3 aliphatic rings. The number of aliphatic imine (C=N–C) groups is 1. The van der Waals surface area contributed by atoms with Gasteiger partial charge in [0.05, 0.1) is 24.3 Å². The minimum absolute atomic E-state index is 0.0399. The topological polar surface area (TPSA) is 83.7 Å². The highest BCUT2D eigenvalue weighted by atomic mass is 16.3. The van der Waals surface area contributed by atoms with Crippen molar-refractivity contribution >= 4 is 5.96 Å². The van der Waals surface area contributed by atoms with Crippen molar-refractivity contribution in [1.82, 2.24) is 15.5 Å². The monoisotopic (exact) mass is 341 g/mol. The molecule has 6 nitrogen and oxygen atoms in total. The molecule has 0 aromatic carbocycles. The zero-order chi connectivity index (χ0) is 17.8. The van der Waals surface area contributed by atoms with Crippen LogP contribution in [0, 0.1) is 17.2 Å². The van der Waals surface area contributed by atoms with Gasteiger partial charge in [0, 0.05) is 19.3 Å². The fraction of sp³-hybridized carbons (Fsp3) is 0.579. The van der Waals surface area contributed by atoms with Gasteiger partial charge < -0.3 is 20.6 Å². The lowest BCUT2D eigenvalue weighted by Crippen LogP contribution is -2.49. The summed E-state index contributed by atoms with van der Waals surface area (Å²) in [6.07, 6.45) is 11.1. The molecule has 0 saturated heterocycles. The van der Waals surface area contributed by atoms with E-state index in [0.717, 1.165) is 49.5 Å². The van der Waals surface area contributed by atoms with Crippen molar-refractivity contribution in [3.05, 3.63) is 35.7 Å². The van der Waals surface area contributed by atoms with Crippen molar-refractivity contribution in [2.24, 2.45) is 10.9 Å². The smallest absolute Gasteiger partial charge is 0.198 e. The number of allylic oxidation sites excluding steroid dienone is 2. The van der Waals surface area contributed by atoms with Crippen molar-refractivity contribution in [3.8, 4) is 6.07 Å². The molecule has 2 unspecified atom stereocenters. The number of nitrogens with zero attached hydrogens (tertiary/aromatic N) is 3. The van der Waals surface area contributed by atoms with E-state index in [1.165, 1.54) is 0 Å². The van der Waals surface area contributed by atoms with Crippen LogP contribution in [0.1, 0.15) is 32.6 Å². The number of nitriles is 1. The molecular formula is C19H27N5O. The maximum atomic E-state index is 9.75. The molecule has 2 heterocycles. The summed E-state index contributed by atoms with van der Waals surface area (Å²) in [6, 6.07) is 2.64. The molecule has 0 aromatic rings. The molecule has 3 N–H and O–H groups in total. The summed E-state index contributed by atoms with van der Waals surface area (Å²) in [6.45, 7) is 2.83. The van der Waals surface area contributed by atoms with E-state index in [1.54, 1.807) is 0 Å². The minimum Gasteiger partial charge on any atom is -0.393 e. The third kappa shape index (κ3) is 4.05. The Morgan fingerprint density at radius 3 is 2.72 bits per heavy atom. The van der Waals surface area contributed by atoms with Crippen molar-refractivity contribution in [1.29, 1.82) is 5.26 Å². The van der Waals surface area contributed by atoms with Gasteiger partial charge in [-0.2, -0.15) is 5.26 Å². The van der Waals surface area contributed by atoms with E-state index >= 15 is 0 Å². The first-order valence-corrected chi connectivity index (χ1v) is 9.01. The average molecular weight is 341 g/mol. The van der Waals surface area contributed by atoms with E-state index in [9.17, 15) is 10.4 Å². The van der Waals surface area contributed by atoms with Crippen molar-refractivity contribution in [2.75, 3.05) is 13.6 Å². The highest BCUT2D eigenvalue weighted by Gasteiger charge is 2.30. The molecule has 0 radical (unpaired) electrons. The Labute approximate surface area is 149 Å². The summed E-state index contributed by atoms with van der Waals surface area (Å²) in [5, 5.41) is 26.1. The second kappa shape index (κ2) is 7.75. The van der Waals surface area contributed by atoms with Gasteiger partial charge in [-0.3, -0.25) is 0 Å². The van der Waals surface area contributed by atoms with E-state index in [1.807, 2.05) is 31.5 Å². The first kappa shape index (κ1) is 17.6. The Morgan fingerprint density at radius 1 is 1.32 bits per heavy atom. The van der Waals surface area contributed by atoms with Crippen LogP contribution >= 0.6 is 0 Å². The zero-order valence-electron chi connectivity index (χ0n) is 14.9. The Hall–Kier alpha value is -2.26. The van der Waals surface area contributed by atoms with Gasteiger partial charge in [-0.15, -0.1) is 0 Å². The molecule has 3 rings (SSSR count). The van der Waals surface area contributed by atoms with Gasteiger partial charge in [-0.05, 0) is 50.5 Å². The second-order valence-corrected chi connectivity index (χ2v) is 7.13. The molecule has 0 spiro atoms. The molecule has 134 valence electrons. The van der Waals surface area contributed by atoms with E-state index in [2.05, 4.69) is 28.5 Å². The van der Waals surface area contributed by atoms with Crippen LogP contribution in [-0.2, 0) is 0 Å². The summed E-state index contributed by atoms with van der Waals surface area (Å²) in [5.41, 5.74) is 2.12. The van der Waals surface area contributed by atoms with Crippen LogP contribution < -0.4 is 10.6 Å². The zero-order valence-corrected chi connectivity index (χ0v) is 14.9. The predicted molar refractivity (Wildman–Crippen MR) is 98.5 cm³/mol. The number of hydrogen-bond acceptors (Lipinski definition) is 4. The van der Waals surface area contributed by atoms with Crippen LogP contribution in [0.3, 0.4) is 0 Å². The fourth-order valence-corrected chi connectivity index (χ4v) is 3.67. The van der Waals surface area contributed by atoms with Crippen LogP contribution in [0.2, 0.25) is 0 Å². The van der Waals surface area contributed by atoms with Crippen LogP contribution in [0.25, 0.3) is 0 Å². The number of likely N-dealkylation sites (N-methyl/N-ethyl adjacent to an activating group) is 1. The molecule has 1 saturated carbocycles. The molecule has 0 aromatic heterocycles. The number of aliphatic hydroxyl groups is 1. The highest BCUT2D eigenvalue weighted by molar-refractivity contribution is 5.83. The molecule has 0 bridgehead atoms. The number of aliphatic hydroxyl groups excluding tert-OH is 1. The fourth-order valence-electron chi connectivity index (χ4n) is 3.67. The van der Waals surface area contributed by atoms with Crippen LogP contribution in [0.15, 0.2) is 40.7 Å². The first-order chi connectivity index (χ1) is 12.1. The Morgan fingerprint density at radius 2 is 2.08 bits per heavy atom. The van der Waals surface area contributed by atoms with Gasteiger partial charge >= 0.3 is 0 Å². The molecule has 0 amide bonds. The summed E-state index contributed by atoms with van der Waals surface area (Å²) in [4.78, 5) is 6.98. The summed E-state index contributed by atoms with van der Waals surface area (Å²) < 4.78 is 0. The van der Waals surface area contributed by atoms with Crippen LogP contribution in [0.4, 0.5) is 0 Å². The normalized spacial score (nSPS) is 32.2. The molecule has 1 fully saturated rings. The van der Waals surface area contributed by atoms with Crippen LogP contribution in [-0.4, -0.2) is 47.7 Å². The SMILES string of the molecule is CC1=C(C(C#N)C2C=CC=CN2)NC(=NC2CCC(O)CC2)N(C)C1. The maximum absolute atomic E-state index is 9.75.